The molecule has 1 aliphatic rings. The second-order valence-electron chi connectivity index (χ2n) is 5.34. The monoisotopic (exact) mass is 298 g/mol. The maximum Gasteiger partial charge on any atom is 0.215 e. The van der Waals surface area contributed by atoms with Gasteiger partial charge in [-0.05, 0) is 30.4 Å². The molecule has 112 valence electrons. The molecule has 0 aromatic heterocycles. The Morgan fingerprint density at radius 1 is 1.35 bits per heavy atom. The summed E-state index contributed by atoms with van der Waals surface area (Å²) in [6.07, 6.45) is 2.91. The fraction of sp³-hybridized carbons (Fsp3) is 0.571. The molecule has 0 spiro atoms. The molecule has 5 nitrogen and oxygen atoms in total. The van der Waals surface area contributed by atoms with E-state index >= 15 is 0 Å². The number of methoxy groups -OCH3 is 1. The van der Waals surface area contributed by atoms with Crippen LogP contribution in [0.25, 0.3) is 0 Å². The van der Waals surface area contributed by atoms with E-state index in [0.29, 0.717) is 13.1 Å². The third-order valence-electron chi connectivity index (χ3n) is 3.90. The minimum Gasteiger partial charge on any atom is -0.377 e. The van der Waals surface area contributed by atoms with Gasteiger partial charge in [0.15, 0.2) is 0 Å². The van der Waals surface area contributed by atoms with E-state index in [1.165, 1.54) is 0 Å². The third-order valence-corrected chi connectivity index (χ3v) is 5.19. The highest BCUT2D eigenvalue weighted by Crippen LogP contribution is 2.34. The molecule has 6 heteroatoms. The van der Waals surface area contributed by atoms with E-state index in [1.54, 1.807) is 13.2 Å². The van der Waals surface area contributed by atoms with E-state index in [-0.39, 0.29) is 11.4 Å². The van der Waals surface area contributed by atoms with E-state index in [2.05, 4.69) is 4.72 Å². The van der Waals surface area contributed by atoms with Crippen molar-refractivity contribution in [1.29, 1.82) is 0 Å². The Morgan fingerprint density at radius 3 is 2.60 bits per heavy atom. The first-order valence-electron chi connectivity index (χ1n) is 6.79. The van der Waals surface area contributed by atoms with Gasteiger partial charge in [-0.2, -0.15) is 0 Å². The Hall–Kier alpha value is -0.950. The summed E-state index contributed by atoms with van der Waals surface area (Å²) in [4.78, 5) is 0. The third kappa shape index (κ3) is 3.79. The van der Waals surface area contributed by atoms with Crippen molar-refractivity contribution in [2.75, 3.05) is 13.7 Å². The molecule has 0 amide bonds. The number of rotatable bonds is 7. The van der Waals surface area contributed by atoms with Gasteiger partial charge in [0.1, 0.15) is 0 Å². The number of ether oxygens (including phenoxy) is 1. The van der Waals surface area contributed by atoms with Gasteiger partial charge in [-0.1, -0.05) is 24.3 Å². The summed E-state index contributed by atoms with van der Waals surface area (Å²) < 4.78 is 32.3. The summed E-state index contributed by atoms with van der Waals surface area (Å²) >= 11 is 0. The Kier molecular flexibility index (Phi) is 4.80. The fourth-order valence-corrected chi connectivity index (χ4v) is 3.59. The van der Waals surface area contributed by atoms with Crippen molar-refractivity contribution >= 4 is 10.0 Å². The number of benzene rings is 1. The second-order valence-corrected chi connectivity index (χ2v) is 7.15. The van der Waals surface area contributed by atoms with Crippen LogP contribution in [0, 0.1) is 0 Å². The molecule has 20 heavy (non-hydrogen) atoms. The number of nitrogens with one attached hydrogen (secondary N) is 1. The Labute approximate surface area is 120 Å². The van der Waals surface area contributed by atoms with Crippen LogP contribution < -0.4 is 10.5 Å². The molecule has 0 bridgehead atoms. The van der Waals surface area contributed by atoms with Gasteiger partial charge in [-0.3, -0.25) is 0 Å². The quantitative estimate of drug-likeness (QED) is 0.791. The summed E-state index contributed by atoms with van der Waals surface area (Å²) in [5.41, 5.74) is 6.95. The van der Waals surface area contributed by atoms with Gasteiger partial charge in [0.05, 0.1) is 11.4 Å². The van der Waals surface area contributed by atoms with Crippen LogP contribution in [-0.2, 0) is 27.1 Å². The van der Waals surface area contributed by atoms with E-state index in [1.807, 2.05) is 18.2 Å². The van der Waals surface area contributed by atoms with Crippen LogP contribution in [0.3, 0.4) is 0 Å². The minimum absolute atomic E-state index is 0.0271. The van der Waals surface area contributed by atoms with Crippen molar-refractivity contribution in [2.45, 2.75) is 37.2 Å². The first-order valence-corrected chi connectivity index (χ1v) is 8.44. The number of nitrogens with two attached hydrogens (primary N) is 1. The SMILES string of the molecule is COC1(CNS(=O)(=O)Cc2cccc(CN)c2)CCC1. The average molecular weight is 298 g/mol. The molecule has 0 radical (unpaired) electrons. The fourth-order valence-electron chi connectivity index (χ4n) is 2.38. The topological polar surface area (TPSA) is 81.4 Å². The van der Waals surface area contributed by atoms with Crippen LogP contribution in [0.4, 0.5) is 0 Å². The molecule has 0 atom stereocenters. The molecule has 0 aliphatic heterocycles. The summed E-state index contributed by atoms with van der Waals surface area (Å²) in [5, 5.41) is 0. The molecule has 0 heterocycles. The summed E-state index contributed by atoms with van der Waals surface area (Å²) in [7, 11) is -1.71. The standard InChI is InChI=1S/C14H22N2O3S/c1-19-14(6-3-7-14)11-16-20(17,18)10-13-5-2-4-12(8-13)9-15/h2,4-5,8,16H,3,6-7,9-11,15H2,1H3. The van der Waals surface area contributed by atoms with Crippen LogP contribution in [0.5, 0.6) is 0 Å². The van der Waals surface area contributed by atoms with Crippen LogP contribution in [-0.4, -0.2) is 27.7 Å². The Morgan fingerprint density at radius 2 is 2.05 bits per heavy atom. The van der Waals surface area contributed by atoms with Crippen molar-refractivity contribution < 1.29 is 13.2 Å². The summed E-state index contributed by atoms with van der Waals surface area (Å²) in [5.74, 6) is -0.0271. The van der Waals surface area contributed by atoms with Crippen LogP contribution in [0.2, 0.25) is 0 Å². The normalized spacial score (nSPS) is 17.7. The molecule has 1 aromatic rings. The summed E-state index contributed by atoms with van der Waals surface area (Å²) in [6.45, 7) is 0.760. The smallest absolute Gasteiger partial charge is 0.215 e. The maximum absolute atomic E-state index is 12.1. The highest BCUT2D eigenvalue weighted by atomic mass is 32.2. The average Bonchev–Trinajstić information content (AvgIpc) is 2.37. The first kappa shape index (κ1) is 15.4. The van der Waals surface area contributed by atoms with Crippen molar-refractivity contribution in [3.05, 3.63) is 35.4 Å². The van der Waals surface area contributed by atoms with Crippen LogP contribution >= 0.6 is 0 Å². The molecule has 1 fully saturated rings. The highest BCUT2D eigenvalue weighted by Gasteiger charge is 2.37. The number of hydrogen-bond donors (Lipinski definition) is 2. The molecular formula is C14H22N2O3S. The zero-order valence-corrected chi connectivity index (χ0v) is 12.6. The van der Waals surface area contributed by atoms with Crippen molar-refractivity contribution in [3.63, 3.8) is 0 Å². The van der Waals surface area contributed by atoms with E-state index in [4.69, 9.17) is 10.5 Å². The van der Waals surface area contributed by atoms with Crippen LogP contribution in [0.15, 0.2) is 24.3 Å². The number of hydrogen-bond acceptors (Lipinski definition) is 4. The van der Waals surface area contributed by atoms with E-state index in [0.717, 1.165) is 30.4 Å². The summed E-state index contributed by atoms with van der Waals surface area (Å²) in [6, 6.07) is 7.34. The van der Waals surface area contributed by atoms with Crippen molar-refractivity contribution in [2.24, 2.45) is 5.73 Å². The van der Waals surface area contributed by atoms with E-state index in [9.17, 15) is 8.42 Å². The lowest BCUT2D eigenvalue weighted by atomic mass is 9.80. The molecule has 1 saturated carbocycles. The lowest BCUT2D eigenvalue weighted by Crippen LogP contribution is -2.49. The Bertz CT molecular complexity index is 548. The largest absolute Gasteiger partial charge is 0.377 e. The second kappa shape index (κ2) is 6.22. The van der Waals surface area contributed by atoms with Gasteiger partial charge < -0.3 is 10.5 Å². The molecule has 1 aliphatic carbocycles. The van der Waals surface area contributed by atoms with Gasteiger partial charge in [-0.15, -0.1) is 0 Å². The molecular weight excluding hydrogens is 276 g/mol. The molecule has 2 rings (SSSR count). The predicted octanol–water partition coefficient (Wildman–Crippen LogP) is 1.13. The zero-order chi connectivity index (χ0) is 14.6. The van der Waals surface area contributed by atoms with Gasteiger partial charge >= 0.3 is 0 Å². The highest BCUT2D eigenvalue weighted by molar-refractivity contribution is 7.88. The molecule has 0 saturated heterocycles. The lowest BCUT2D eigenvalue weighted by Gasteiger charge is -2.40. The Balaban J connectivity index is 1.96. The van der Waals surface area contributed by atoms with Gasteiger partial charge in [-0.25, -0.2) is 13.1 Å². The first-order chi connectivity index (χ1) is 9.49. The molecule has 3 N–H and O–H groups in total. The van der Waals surface area contributed by atoms with E-state index < -0.39 is 10.0 Å². The van der Waals surface area contributed by atoms with Gasteiger partial charge in [0.2, 0.25) is 10.0 Å². The molecule has 0 unspecified atom stereocenters. The predicted molar refractivity (Wildman–Crippen MR) is 78.6 cm³/mol. The zero-order valence-electron chi connectivity index (χ0n) is 11.8. The maximum atomic E-state index is 12.1. The number of sulfonamides is 1. The lowest BCUT2D eigenvalue weighted by molar-refractivity contribution is -0.0659. The van der Waals surface area contributed by atoms with Crippen molar-refractivity contribution in [1.82, 2.24) is 4.72 Å². The van der Waals surface area contributed by atoms with Gasteiger partial charge in [0, 0.05) is 20.2 Å². The van der Waals surface area contributed by atoms with Gasteiger partial charge in [0.25, 0.3) is 0 Å². The molecule has 1 aromatic carbocycles. The van der Waals surface area contributed by atoms with Crippen LogP contribution in [0.1, 0.15) is 30.4 Å². The minimum atomic E-state index is -3.35. The van der Waals surface area contributed by atoms with Crippen molar-refractivity contribution in [3.8, 4) is 0 Å².